The molecule has 0 radical (unpaired) electrons. The second-order valence-corrected chi connectivity index (χ2v) is 6.48. The third-order valence-corrected chi connectivity index (χ3v) is 4.41. The van der Waals surface area contributed by atoms with E-state index >= 15 is 0 Å². The highest BCUT2D eigenvalue weighted by Crippen LogP contribution is 2.01. The molecule has 0 spiro atoms. The maximum Gasteiger partial charge on any atom is 0.234 e. The lowest BCUT2D eigenvalue weighted by atomic mass is 10.1. The van der Waals surface area contributed by atoms with E-state index in [1.54, 1.807) is 7.11 Å². The Morgan fingerprint density at radius 3 is 2.00 bits per heavy atom. The van der Waals surface area contributed by atoms with Crippen LogP contribution < -0.4 is 10.6 Å². The van der Waals surface area contributed by atoms with E-state index in [1.165, 1.54) is 5.56 Å². The van der Waals surface area contributed by atoms with Gasteiger partial charge in [0.05, 0.1) is 19.7 Å². The van der Waals surface area contributed by atoms with Crippen molar-refractivity contribution in [2.75, 3.05) is 66.1 Å². The molecule has 1 aromatic rings. The molecule has 7 heteroatoms. The van der Waals surface area contributed by atoms with E-state index in [0.29, 0.717) is 32.8 Å². The highest BCUT2D eigenvalue weighted by Gasteiger charge is 2.20. The Morgan fingerprint density at radius 1 is 0.923 bits per heavy atom. The van der Waals surface area contributed by atoms with Crippen molar-refractivity contribution in [2.45, 2.75) is 6.42 Å². The zero-order valence-electron chi connectivity index (χ0n) is 15.6. The molecule has 7 nitrogen and oxygen atoms in total. The number of nitrogens with one attached hydrogen (secondary N) is 2. The predicted octanol–water partition coefficient (Wildman–Crippen LogP) is -0.274. The van der Waals surface area contributed by atoms with E-state index in [0.717, 1.165) is 32.6 Å². The SMILES string of the molecule is COCCNC(=O)CN1CCN(CC(=O)NCCc2ccccc2)CC1. The summed E-state index contributed by atoms with van der Waals surface area (Å²) >= 11 is 0. The molecule has 1 saturated heterocycles. The molecular formula is C19H30N4O3. The van der Waals surface area contributed by atoms with Crippen LogP contribution in [0.3, 0.4) is 0 Å². The first-order valence-electron chi connectivity index (χ1n) is 9.18. The number of carbonyl (C=O) groups is 2. The molecule has 1 aliphatic heterocycles. The van der Waals surface area contributed by atoms with Gasteiger partial charge in [0.15, 0.2) is 0 Å². The van der Waals surface area contributed by atoms with E-state index in [9.17, 15) is 9.59 Å². The van der Waals surface area contributed by atoms with Crippen molar-refractivity contribution in [2.24, 2.45) is 0 Å². The number of carbonyl (C=O) groups excluding carboxylic acids is 2. The smallest absolute Gasteiger partial charge is 0.234 e. The number of nitrogens with zero attached hydrogens (tertiary/aromatic N) is 2. The van der Waals surface area contributed by atoms with Crippen LogP contribution in [0, 0.1) is 0 Å². The summed E-state index contributed by atoms with van der Waals surface area (Å²) in [4.78, 5) is 28.1. The Labute approximate surface area is 155 Å². The second-order valence-electron chi connectivity index (χ2n) is 6.48. The van der Waals surface area contributed by atoms with E-state index in [-0.39, 0.29) is 11.8 Å². The molecular weight excluding hydrogens is 332 g/mol. The molecule has 0 saturated carbocycles. The van der Waals surface area contributed by atoms with Crippen LogP contribution in [0.5, 0.6) is 0 Å². The van der Waals surface area contributed by atoms with Gasteiger partial charge in [-0.05, 0) is 12.0 Å². The molecule has 2 rings (SSSR count). The lowest BCUT2D eigenvalue weighted by Gasteiger charge is -2.33. The largest absolute Gasteiger partial charge is 0.383 e. The average Bonchev–Trinajstić information content (AvgIpc) is 2.64. The lowest BCUT2D eigenvalue weighted by Crippen LogP contribution is -2.51. The Morgan fingerprint density at radius 2 is 1.46 bits per heavy atom. The zero-order valence-corrected chi connectivity index (χ0v) is 15.6. The van der Waals surface area contributed by atoms with Crippen molar-refractivity contribution in [1.29, 1.82) is 0 Å². The van der Waals surface area contributed by atoms with Crippen LogP contribution in [0.1, 0.15) is 5.56 Å². The first kappa shape index (κ1) is 20.4. The number of benzene rings is 1. The minimum Gasteiger partial charge on any atom is -0.383 e. The van der Waals surface area contributed by atoms with E-state index < -0.39 is 0 Å². The number of hydrogen-bond acceptors (Lipinski definition) is 5. The summed E-state index contributed by atoms with van der Waals surface area (Å²) in [7, 11) is 1.61. The van der Waals surface area contributed by atoms with Crippen LogP contribution in [-0.4, -0.2) is 87.7 Å². The fraction of sp³-hybridized carbons (Fsp3) is 0.579. The van der Waals surface area contributed by atoms with Gasteiger partial charge in [0, 0.05) is 46.4 Å². The molecule has 144 valence electrons. The maximum atomic E-state index is 12.1. The summed E-state index contributed by atoms with van der Waals surface area (Å²) in [6.45, 7) is 5.75. The Balaban J connectivity index is 1.56. The average molecular weight is 362 g/mol. The first-order chi connectivity index (χ1) is 12.7. The number of ether oxygens (including phenoxy) is 1. The van der Waals surface area contributed by atoms with E-state index in [2.05, 4.69) is 32.6 Å². The first-order valence-corrected chi connectivity index (χ1v) is 9.18. The van der Waals surface area contributed by atoms with Gasteiger partial charge < -0.3 is 15.4 Å². The molecule has 1 aromatic carbocycles. The zero-order chi connectivity index (χ0) is 18.6. The van der Waals surface area contributed by atoms with E-state index in [1.807, 2.05) is 18.2 Å². The summed E-state index contributed by atoms with van der Waals surface area (Å²) in [5, 5.41) is 5.81. The summed E-state index contributed by atoms with van der Waals surface area (Å²) in [6, 6.07) is 10.1. The minimum absolute atomic E-state index is 0.0224. The van der Waals surface area contributed by atoms with Gasteiger partial charge in [0.25, 0.3) is 0 Å². The summed E-state index contributed by atoms with van der Waals surface area (Å²) < 4.78 is 4.91. The van der Waals surface area contributed by atoms with Crippen molar-refractivity contribution in [3.63, 3.8) is 0 Å². The molecule has 2 N–H and O–H groups in total. The molecule has 1 fully saturated rings. The summed E-state index contributed by atoms with van der Waals surface area (Å²) in [5.74, 6) is 0.0841. The third kappa shape index (κ3) is 7.95. The lowest BCUT2D eigenvalue weighted by molar-refractivity contribution is -0.125. The quantitative estimate of drug-likeness (QED) is 0.561. The number of piperazine rings is 1. The van der Waals surface area contributed by atoms with Crippen LogP contribution in [0.2, 0.25) is 0 Å². The third-order valence-electron chi connectivity index (χ3n) is 4.41. The molecule has 2 amide bonds. The minimum atomic E-state index is 0.0224. The maximum absolute atomic E-state index is 12.1. The Hall–Kier alpha value is -1.96. The van der Waals surface area contributed by atoms with Gasteiger partial charge in [0.1, 0.15) is 0 Å². The van der Waals surface area contributed by atoms with Crippen molar-refractivity contribution < 1.29 is 14.3 Å². The summed E-state index contributed by atoms with van der Waals surface area (Å²) in [5.41, 5.74) is 1.23. The number of amides is 2. The Bertz CT molecular complexity index is 545. The predicted molar refractivity (Wildman–Crippen MR) is 101 cm³/mol. The van der Waals surface area contributed by atoms with Crippen LogP contribution in [0.15, 0.2) is 30.3 Å². The number of hydrogen-bond donors (Lipinski definition) is 2. The van der Waals surface area contributed by atoms with Gasteiger partial charge in [-0.2, -0.15) is 0 Å². The monoisotopic (exact) mass is 362 g/mol. The van der Waals surface area contributed by atoms with Crippen LogP contribution in [0.25, 0.3) is 0 Å². The fourth-order valence-corrected chi connectivity index (χ4v) is 2.91. The normalized spacial score (nSPS) is 15.6. The second kappa shape index (κ2) is 11.6. The van der Waals surface area contributed by atoms with Gasteiger partial charge in [-0.1, -0.05) is 30.3 Å². The fourth-order valence-electron chi connectivity index (χ4n) is 2.91. The van der Waals surface area contributed by atoms with Crippen LogP contribution >= 0.6 is 0 Å². The molecule has 0 atom stereocenters. The molecule has 0 bridgehead atoms. The molecule has 26 heavy (non-hydrogen) atoms. The van der Waals surface area contributed by atoms with Crippen LogP contribution in [0.4, 0.5) is 0 Å². The van der Waals surface area contributed by atoms with Crippen molar-refractivity contribution in [3.8, 4) is 0 Å². The van der Waals surface area contributed by atoms with Gasteiger partial charge in [-0.15, -0.1) is 0 Å². The van der Waals surface area contributed by atoms with Gasteiger partial charge in [-0.3, -0.25) is 19.4 Å². The van der Waals surface area contributed by atoms with E-state index in [4.69, 9.17) is 4.74 Å². The molecule has 0 aromatic heterocycles. The summed E-state index contributed by atoms with van der Waals surface area (Å²) in [6.07, 6.45) is 0.846. The molecule has 0 unspecified atom stereocenters. The Kier molecular flexibility index (Phi) is 9.09. The highest BCUT2D eigenvalue weighted by atomic mass is 16.5. The van der Waals surface area contributed by atoms with Gasteiger partial charge in [-0.25, -0.2) is 0 Å². The number of methoxy groups -OCH3 is 1. The van der Waals surface area contributed by atoms with Crippen molar-refractivity contribution in [1.82, 2.24) is 20.4 Å². The van der Waals surface area contributed by atoms with Gasteiger partial charge in [0.2, 0.25) is 11.8 Å². The topological polar surface area (TPSA) is 73.9 Å². The number of rotatable bonds is 10. The van der Waals surface area contributed by atoms with Crippen molar-refractivity contribution in [3.05, 3.63) is 35.9 Å². The molecule has 0 aliphatic carbocycles. The van der Waals surface area contributed by atoms with Gasteiger partial charge >= 0.3 is 0 Å². The molecule has 1 aliphatic rings. The van der Waals surface area contributed by atoms with Crippen LogP contribution in [-0.2, 0) is 20.7 Å². The molecule has 1 heterocycles. The van der Waals surface area contributed by atoms with Crippen molar-refractivity contribution >= 4 is 11.8 Å². The highest BCUT2D eigenvalue weighted by molar-refractivity contribution is 5.78. The standard InChI is InChI=1S/C19H30N4O3/c1-26-14-9-21-19(25)16-23-12-10-22(11-13-23)15-18(24)20-8-7-17-5-3-2-4-6-17/h2-6H,7-16H2,1H3,(H,20,24)(H,21,25).